The van der Waals surface area contributed by atoms with Crippen LogP contribution in [0.1, 0.15) is 50.6 Å². The van der Waals surface area contributed by atoms with Gasteiger partial charge >= 0.3 is 5.69 Å². The van der Waals surface area contributed by atoms with Gasteiger partial charge in [0.1, 0.15) is 11.5 Å². The Morgan fingerprint density at radius 1 is 1.50 bits per heavy atom. The molecule has 0 aromatic carbocycles. The number of nitrogens with zero attached hydrogens (tertiary/aromatic N) is 4. The number of anilines is 1. The number of aromatic nitrogens is 4. The van der Waals surface area contributed by atoms with Crippen molar-refractivity contribution in [2.24, 2.45) is 5.92 Å². The summed E-state index contributed by atoms with van der Waals surface area (Å²) in [7, 11) is 0. The maximum absolute atomic E-state index is 11.9. The topological polar surface area (TPSA) is 120 Å². The van der Waals surface area contributed by atoms with E-state index in [1.165, 1.54) is 12.8 Å². The van der Waals surface area contributed by atoms with Crippen LogP contribution in [0.25, 0.3) is 11.3 Å². The fourth-order valence-electron chi connectivity index (χ4n) is 4.22. The summed E-state index contributed by atoms with van der Waals surface area (Å²) in [6.07, 6.45) is 9.01. The molecule has 1 fully saturated rings. The van der Waals surface area contributed by atoms with E-state index in [0.717, 1.165) is 24.0 Å². The predicted octanol–water partition coefficient (Wildman–Crippen LogP) is 1.95. The normalized spacial score (nSPS) is 23.4. The Balaban J connectivity index is 1.71. The van der Waals surface area contributed by atoms with Crippen molar-refractivity contribution in [1.82, 2.24) is 19.7 Å². The Kier molecular flexibility index (Phi) is 4.04. The molecule has 2 unspecified atom stereocenters. The molecule has 0 radical (unpaired) electrons. The zero-order valence-electron chi connectivity index (χ0n) is 14.7. The number of hydrogen-bond donors (Lipinski definition) is 3. The van der Waals surface area contributed by atoms with Crippen LogP contribution in [0.15, 0.2) is 17.2 Å². The van der Waals surface area contributed by atoms with Crippen molar-refractivity contribution in [3.8, 4) is 17.3 Å². The minimum absolute atomic E-state index is 0.0547. The molecule has 3 heterocycles. The summed E-state index contributed by atoms with van der Waals surface area (Å²) in [6.45, 7) is 1.65. The van der Waals surface area contributed by atoms with E-state index in [1.54, 1.807) is 13.1 Å². The molecule has 2 aliphatic rings. The van der Waals surface area contributed by atoms with Crippen LogP contribution < -0.4 is 11.0 Å². The van der Waals surface area contributed by atoms with E-state index in [2.05, 4.69) is 26.5 Å². The number of H-pyrrole nitrogens is 1. The Labute approximate surface area is 150 Å². The van der Waals surface area contributed by atoms with E-state index in [-0.39, 0.29) is 6.04 Å². The van der Waals surface area contributed by atoms with E-state index in [4.69, 9.17) is 0 Å². The largest absolute Gasteiger partial charge is 0.371 e. The lowest BCUT2D eigenvalue weighted by Crippen LogP contribution is -2.31. The number of nitrogens with one attached hydrogen (secondary N) is 2. The van der Waals surface area contributed by atoms with Crippen molar-refractivity contribution in [2.45, 2.75) is 57.2 Å². The molecular formula is C18H22N6O2. The number of hydrogen-bond acceptors (Lipinski definition) is 6. The summed E-state index contributed by atoms with van der Waals surface area (Å²) < 4.78 is 1.86. The van der Waals surface area contributed by atoms with E-state index < -0.39 is 11.4 Å². The lowest BCUT2D eigenvalue weighted by Gasteiger charge is -2.21. The molecule has 1 aliphatic carbocycles. The van der Waals surface area contributed by atoms with Crippen molar-refractivity contribution in [2.75, 3.05) is 5.32 Å². The monoisotopic (exact) mass is 354 g/mol. The third-order valence-corrected chi connectivity index (χ3v) is 5.42. The fraction of sp³-hybridized carbons (Fsp3) is 0.556. The second-order valence-electron chi connectivity index (χ2n) is 7.50. The van der Waals surface area contributed by atoms with Crippen molar-refractivity contribution >= 4 is 5.82 Å². The second-order valence-corrected chi connectivity index (χ2v) is 7.50. The first-order valence-electron chi connectivity index (χ1n) is 9.02. The molecule has 2 atom stereocenters. The van der Waals surface area contributed by atoms with Crippen LogP contribution in [-0.4, -0.2) is 30.6 Å². The van der Waals surface area contributed by atoms with Gasteiger partial charge in [-0.15, -0.1) is 0 Å². The zero-order valence-corrected chi connectivity index (χ0v) is 14.7. The molecule has 0 saturated heterocycles. The van der Waals surface area contributed by atoms with Crippen LogP contribution in [0, 0.1) is 17.2 Å². The molecule has 8 nitrogen and oxygen atoms in total. The Morgan fingerprint density at radius 2 is 2.27 bits per heavy atom. The molecule has 136 valence electrons. The van der Waals surface area contributed by atoms with Crippen molar-refractivity contribution in [1.29, 1.82) is 5.26 Å². The molecule has 1 aliphatic heterocycles. The molecule has 0 bridgehead atoms. The van der Waals surface area contributed by atoms with Gasteiger partial charge in [-0.3, -0.25) is 4.68 Å². The number of rotatable bonds is 4. The molecular weight excluding hydrogens is 332 g/mol. The Bertz CT molecular complexity index is 916. The average Bonchev–Trinajstić information content (AvgIpc) is 3.30. The lowest BCUT2D eigenvalue weighted by atomic mass is 9.96. The van der Waals surface area contributed by atoms with Gasteiger partial charge in [-0.05, 0) is 25.7 Å². The highest BCUT2D eigenvalue weighted by Crippen LogP contribution is 2.38. The minimum Gasteiger partial charge on any atom is -0.371 e. The van der Waals surface area contributed by atoms with Gasteiger partial charge in [0.25, 0.3) is 0 Å². The summed E-state index contributed by atoms with van der Waals surface area (Å²) in [5, 5.41) is 26.8. The number of aromatic amines is 1. The summed E-state index contributed by atoms with van der Waals surface area (Å²) >= 11 is 0. The lowest BCUT2D eigenvalue weighted by molar-refractivity contribution is 0.0985. The molecule has 2 aromatic heterocycles. The van der Waals surface area contributed by atoms with Gasteiger partial charge in [-0.2, -0.15) is 15.3 Å². The highest BCUT2D eigenvalue weighted by Gasteiger charge is 2.34. The maximum atomic E-state index is 11.9. The van der Waals surface area contributed by atoms with E-state index in [9.17, 15) is 15.2 Å². The number of aliphatic hydroxyl groups is 1. The van der Waals surface area contributed by atoms with Gasteiger partial charge in [0, 0.05) is 23.7 Å². The van der Waals surface area contributed by atoms with E-state index >= 15 is 0 Å². The van der Waals surface area contributed by atoms with Gasteiger partial charge in [-0.25, -0.2) is 4.79 Å². The first-order chi connectivity index (χ1) is 12.5. The van der Waals surface area contributed by atoms with Crippen LogP contribution in [-0.2, 0) is 6.42 Å². The predicted molar refractivity (Wildman–Crippen MR) is 95.3 cm³/mol. The van der Waals surface area contributed by atoms with Crippen LogP contribution in [0.5, 0.6) is 0 Å². The fourth-order valence-corrected chi connectivity index (χ4v) is 4.22. The number of fused-ring (bicyclic) bond motifs is 1. The van der Waals surface area contributed by atoms with Gasteiger partial charge in [0.2, 0.25) is 0 Å². The van der Waals surface area contributed by atoms with Crippen LogP contribution >= 0.6 is 0 Å². The van der Waals surface area contributed by atoms with Gasteiger partial charge < -0.3 is 15.4 Å². The first kappa shape index (κ1) is 16.8. The summed E-state index contributed by atoms with van der Waals surface area (Å²) in [5.41, 5.74) is 0.558. The van der Waals surface area contributed by atoms with Gasteiger partial charge in [0.15, 0.2) is 0 Å². The number of nitriles is 1. The summed E-state index contributed by atoms with van der Waals surface area (Å²) in [5.74, 6) is 0.873. The Hall–Kier alpha value is -2.66. The van der Waals surface area contributed by atoms with Crippen molar-refractivity contribution in [3.05, 3.63) is 28.4 Å². The van der Waals surface area contributed by atoms with Crippen LogP contribution in [0.3, 0.4) is 0 Å². The highest BCUT2D eigenvalue weighted by atomic mass is 16.3. The molecule has 3 N–H and O–H groups in total. The smallest absolute Gasteiger partial charge is 0.347 e. The zero-order chi connectivity index (χ0) is 18.3. The van der Waals surface area contributed by atoms with E-state index in [1.807, 2.05) is 10.9 Å². The van der Waals surface area contributed by atoms with Crippen molar-refractivity contribution in [3.63, 3.8) is 0 Å². The quantitative estimate of drug-likeness (QED) is 0.772. The maximum Gasteiger partial charge on any atom is 0.347 e. The molecule has 8 heteroatoms. The van der Waals surface area contributed by atoms with Gasteiger partial charge in [-0.1, -0.05) is 12.8 Å². The molecule has 0 amide bonds. The first-order valence-corrected chi connectivity index (χ1v) is 9.02. The molecule has 4 rings (SSSR count). The molecule has 2 aromatic rings. The Morgan fingerprint density at radius 3 is 3.00 bits per heavy atom. The molecule has 0 spiro atoms. The standard InChI is InChI=1S/C18H22N6O2/c1-18(26)8-13-15(21-17(25)22-16(13)23-18)12-9-20-24(10-12)14(6-7-19)11-4-2-3-5-11/h9-11,14,26H,2-6,8H2,1H3,(H2,21,22,23,25). The minimum atomic E-state index is -1.13. The van der Waals surface area contributed by atoms with Crippen molar-refractivity contribution < 1.29 is 5.11 Å². The van der Waals surface area contributed by atoms with E-state index in [0.29, 0.717) is 30.3 Å². The second kappa shape index (κ2) is 6.25. The third kappa shape index (κ3) is 2.99. The highest BCUT2D eigenvalue weighted by molar-refractivity contribution is 5.70. The summed E-state index contributed by atoms with van der Waals surface area (Å²) in [4.78, 5) is 18.6. The SMILES string of the molecule is CC1(O)Cc2c(nc(=O)[nH]c2-c2cnn(C(CC#N)C3CCCC3)c2)N1. The summed E-state index contributed by atoms with van der Waals surface area (Å²) in [6, 6.07) is 2.34. The average molecular weight is 354 g/mol. The van der Waals surface area contributed by atoms with Crippen LogP contribution in [0.4, 0.5) is 5.82 Å². The third-order valence-electron chi connectivity index (χ3n) is 5.42. The van der Waals surface area contributed by atoms with Crippen LogP contribution in [0.2, 0.25) is 0 Å². The molecule has 1 saturated carbocycles. The molecule has 26 heavy (non-hydrogen) atoms. The van der Waals surface area contributed by atoms with Gasteiger partial charge in [0.05, 0.1) is 30.4 Å².